The van der Waals surface area contributed by atoms with Gasteiger partial charge in [-0.2, -0.15) is 0 Å². The molecule has 0 unspecified atom stereocenters. The fraction of sp³-hybridized carbons (Fsp3) is 0. The van der Waals surface area contributed by atoms with Gasteiger partial charge in [0.1, 0.15) is 0 Å². The summed E-state index contributed by atoms with van der Waals surface area (Å²) in [6, 6.07) is 0. The van der Waals surface area contributed by atoms with Crippen molar-refractivity contribution in [2.75, 3.05) is 0 Å². The standard InChI is InChI=1S/C2H2N3.Ra.H/c1-3-2-5-4-1;;/h1H,(H,3,4,5);;. The summed E-state index contributed by atoms with van der Waals surface area (Å²) in [7, 11) is 0. The number of hydrogen-bond donors (Lipinski definition) is 1. The van der Waals surface area contributed by atoms with Crippen LogP contribution in [0, 0.1) is 42.8 Å². The minimum absolute atomic E-state index is 0.363. The van der Waals surface area contributed by atoms with E-state index >= 15 is 0 Å². The molecule has 0 aliphatic carbocycles. The van der Waals surface area contributed by atoms with Crippen molar-refractivity contribution in [1.82, 2.24) is 15.2 Å². The topological polar surface area (TPSA) is 41.6 Å². The van der Waals surface area contributed by atoms with Crippen molar-refractivity contribution in [2.45, 2.75) is 0 Å². The maximum absolute atomic E-state index is 3.85. The molecule has 1 aromatic heterocycles. The van der Waals surface area contributed by atoms with E-state index in [1.165, 1.54) is 0 Å². The average Bonchev–Trinajstić information content (AvgIpc) is 1.86. The number of hydrogen-bond acceptors (Lipinski definition) is 2. The number of nitrogens with zero attached hydrogens (tertiary/aromatic N) is 2. The summed E-state index contributed by atoms with van der Waals surface area (Å²) in [5.74, 6) is 0. The molecule has 1 heterocycles. The molecule has 0 spiro atoms. The van der Waals surface area contributed by atoms with Gasteiger partial charge in [0, 0.05) is 0 Å². The summed E-state index contributed by atoms with van der Waals surface area (Å²) in [6.45, 7) is 0. The molecular formula is C2H3N3Ra. The first-order valence-corrected chi connectivity index (χ1v) is 5.83. The van der Waals surface area contributed by atoms with E-state index in [9.17, 15) is 0 Å². The molecule has 0 saturated carbocycles. The molecular weight excluding hydrogens is 292 g/mol. The van der Waals surface area contributed by atoms with Gasteiger partial charge in [-0.1, -0.05) is 0 Å². The van der Waals surface area contributed by atoms with E-state index in [-0.39, 0.29) is 0 Å². The van der Waals surface area contributed by atoms with Crippen LogP contribution in [0.2, 0.25) is 0 Å². The van der Waals surface area contributed by atoms with E-state index in [1.54, 1.807) is 6.33 Å². The van der Waals surface area contributed by atoms with Gasteiger partial charge in [-0.3, -0.25) is 0 Å². The summed E-state index contributed by atoms with van der Waals surface area (Å²) >= 11 is 0.363. The molecule has 1 rings (SSSR count). The van der Waals surface area contributed by atoms with Crippen LogP contribution in [-0.2, 0) is 0 Å². The van der Waals surface area contributed by atoms with Gasteiger partial charge in [0.15, 0.2) is 0 Å². The third kappa shape index (κ3) is 1.04. The molecule has 0 bridgehead atoms. The van der Waals surface area contributed by atoms with Crippen molar-refractivity contribution in [2.24, 2.45) is 0 Å². The molecule has 0 aliphatic rings. The first kappa shape index (κ1) is 4.76. The van der Waals surface area contributed by atoms with Crippen LogP contribution in [0.4, 0.5) is 0 Å². The van der Waals surface area contributed by atoms with Gasteiger partial charge < -0.3 is 0 Å². The van der Waals surface area contributed by atoms with E-state index in [0.29, 0.717) is 42.8 Å². The predicted molar refractivity (Wildman–Crippen MR) is 17.4 cm³/mol. The summed E-state index contributed by atoms with van der Waals surface area (Å²) in [5.41, 5.74) is 0. The Morgan fingerprint density at radius 2 is 2.67 bits per heavy atom. The number of H-pyrrole nitrogens is 1. The third-order valence-corrected chi connectivity index (χ3v) is 2.52. The van der Waals surface area contributed by atoms with Crippen molar-refractivity contribution in [3.8, 4) is 0 Å². The van der Waals surface area contributed by atoms with E-state index in [1.807, 2.05) is 0 Å². The predicted octanol–water partition coefficient (Wildman–Crippen LogP) is -1.29. The molecule has 0 saturated heterocycles. The molecule has 1 aromatic rings. The Morgan fingerprint density at radius 1 is 1.83 bits per heavy atom. The monoisotopic (exact) mass is 295 g/mol. The zero-order valence-electron chi connectivity index (χ0n) is 3.47. The fourth-order valence-corrected chi connectivity index (χ4v) is 1.33. The number of rotatable bonds is 0. The normalized spacial score (nSPS) is 8.50. The van der Waals surface area contributed by atoms with Crippen LogP contribution >= 0.6 is 0 Å². The number of nitrogens with one attached hydrogen (secondary N) is 1. The Bertz CT molecular complexity index is 112. The Kier molecular flexibility index (Phi) is 1.63. The van der Waals surface area contributed by atoms with E-state index in [2.05, 4.69) is 15.2 Å². The van der Waals surface area contributed by atoms with Crippen LogP contribution in [0.1, 0.15) is 0 Å². The SMILES string of the molecule is [RaH][c]1nc[nH]n1. The van der Waals surface area contributed by atoms with Crippen molar-refractivity contribution in [3.63, 3.8) is 0 Å². The van der Waals surface area contributed by atoms with Crippen LogP contribution in [0.25, 0.3) is 0 Å². The maximum atomic E-state index is 3.85. The van der Waals surface area contributed by atoms with Crippen LogP contribution in [0.5, 0.6) is 0 Å². The van der Waals surface area contributed by atoms with Gasteiger partial charge in [-0.25, -0.2) is 0 Å². The van der Waals surface area contributed by atoms with E-state index < -0.39 is 0 Å². The molecule has 0 atom stereocenters. The van der Waals surface area contributed by atoms with Crippen LogP contribution < -0.4 is 0.865 Å². The number of aromatic amines is 1. The Balaban J connectivity index is 3.05. The van der Waals surface area contributed by atoms with Crippen molar-refractivity contribution in [3.05, 3.63) is 6.33 Å². The second-order valence-electron chi connectivity index (χ2n) is 1.05. The average molecular weight is 295 g/mol. The molecule has 28 valence electrons. The third-order valence-electron chi connectivity index (χ3n) is 0.535. The molecule has 0 aliphatic heterocycles. The zero-order chi connectivity index (χ0) is 4.41. The van der Waals surface area contributed by atoms with Crippen molar-refractivity contribution < 1.29 is 42.8 Å². The second-order valence-corrected chi connectivity index (χ2v) is 4.72. The summed E-state index contributed by atoms with van der Waals surface area (Å²) in [5, 5.41) is 6.41. The Labute approximate surface area is 64.3 Å². The van der Waals surface area contributed by atoms with Gasteiger partial charge >= 0.3 is 65.2 Å². The first-order chi connectivity index (χ1) is 2.89. The van der Waals surface area contributed by atoms with Crippen molar-refractivity contribution in [1.29, 1.82) is 0 Å². The van der Waals surface area contributed by atoms with Crippen molar-refractivity contribution >= 4 is 0.865 Å². The first-order valence-electron chi connectivity index (χ1n) is 1.72. The Hall–Kier alpha value is 0.608. The van der Waals surface area contributed by atoms with Gasteiger partial charge in [0.2, 0.25) is 0 Å². The summed E-state index contributed by atoms with van der Waals surface area (Å²) in [6.07, 6.45) is 1.61. The summed E-state index contributed by atoms with van der Waals surface area (Å²) in [4.78, 5) is 3.85. The molecule has 0 aromatic carbocycles. The summed E-state index contributed by atoms with van der Waals surface area (Å²) < 4.78 is 1.02. The van der Waals surface area contributed by atoms with Gasteiger partial charge in [-0.05, 0) is 0 Å². The minimum atomic E-state index is 0.363. The van der Waals surface area contributed by atoms with Gasteiger partial charge in [0.25, 0.3) is 0 Å². The van der Waals surface area contributed by atoms with Gasteiger partial charge in [-0.15, -0.1) is 0 Å². The molecule has 6 heavy (non-hydrogen) atoms. The molecule has 0 radical (unpaired) electrons. The van der Waals surface area contributed by atoms with E-state index in [4.69, 9.17) is 0 Å². The van der Waals surface area contributed by atoms with Crippen LogP contribution in [-0.4, -0.2) is 15.2 Å². The molecule has 4 heteroatoms. The molecule has 3 nitrogen and oxygen atoms in total. The van der Waals surface area contributed by atoms with Gasteiger partial charge in [0.05, 0.1) is 0 Å². The number of aromatic nitrogens is 3. The quantitative estimate of drug-likeness (QED) is 0.647. The Morgan fingerprint density at radius 3 is 2.83 bits per heavy atom. The zero-order valence-corrected chi connectivity index (χ0v) is 11.7. The fourth-order valence-electron chi connectivity index (χ4n) is 0.273. The molecule has 1 N–H and O–H groups in total. The van der Waals surface area contributed by atoms with Crippen LogP contribution in [0.3, 0.4) is 0 Å². The molecule has 0 fully saturated rings. The van der Waals surface area contributed by atoms with Crippen LogP contribution in [0.15, 0.2) is 6.33 Å². The second kappa shape index (κ2) is 2.06. The molecule has 0 amide bonds. The van der Waals surface area contributed by atoms with E-state index in [0.717, 1.165) is 0.865 Å².